The van der Waals surface area contributed by atoms with E-state index in [-0.39, 0.29) is 0 Å². The minimum atomic E-state index is -0.856. The predicted octanol–water partition coefficient (Wildman–Crippen LogP) is 3.90. The summed E-state index contributed by atoms with van der Waals surface area (Å²) < 4.78 is 0.509. The summed E-state index contributed by atoms with van der Waals surface area (Å²) in [6, 6.07) is 11.5. The minimum Gasteiger partial charge on any atom is -0.237 e. The minimum absolute atomic E-state index is 0.447. The Balaban J connectivity index is 2.53. The third-order valence-electron chi connectivity index (χ3n) is 2.51. The first kappa shape index (κ1) is 12.6. The first-order valence-electron chi connectivity index (χ1n) is 5.19. The number of hydrogen-bond donors (Lipinski definition) is 0. The maximum absolute atomic E-state index is 8.86. The molecular weight excluding hydrogens is 266 g/mol. The van der Waals surface area contributed by atoms with Crippen molar-refractivity contribution in [3.8, 4) is 23.4 Å². The van der Waals surface area contributed by atoms with Gasteiger partial charge in [0, 0.05) is 5.56 Å². The summed E-state index contributed by atoms with van der Waals surface area (Å²) in [6.07, 6.45) is 0. The zero-order chi connectivity index (χ0) is 13.1. The van der Waals surface area contributed by atoms with Crippen LogP contribution in [-0.4, -0.2) is 4.98 Å². The number of rotatable bonds is 2. The SMILES string of the molecule is Cc1ccccc1-c1nc(C(C#N)C#N)sc1Cl. The van der Waals surface area contributed by atoms with Crippen LogP contribution in [0.15, 0.2) is 24.3 Å². The Morgan fingerprint density at radius 3 is 2.56 bits per heavy atom. The van der Waals surface area contributed by atoms with Crippen molar-refractivity contribution in [1.29, 1.82) is 10.5 Å². The number of halogens is 1. The molecule has 0 bridgehead atoms. The van der Waals surface area contributed by atoms with Gasteiger partial charge in [-0.2, -0.15) is 10.5 Å². The van der Waals surface area contributed by atoms with Gasteiger partial charge in [0.15, 0.2) is 5.92 Å². The Hall–Kier alpha value is -1.88. The molecule has 3 nitrogen and oxygen atoms in total. The van der Waals surface area contributed by atoms with Crippen LogP contribution < -0.4 is 0 Å². The third kappa shape index (κ3) is 2.22. The highest BCUT2D eigenvalue weighted by Crippen LogP contribution is 2.36. The molecule has 0 saturated carbocycles. The van der Waals surface area contributed by atoms with Gasteiger partial charge in [0.05, 0.1) is 12.1 Å². The number of hydrogen-bond acceptors (Lipinski definition) is 4. The van der Waals surface area contributed by atoms with E-state index >= 15 is 0 Å². The molecule has 0 atom stereocenters. The molecule has 1 aromatic carbocycles. The molecule has 0 N–H and O–H groups in total. The average molecular weight is 274 g/mol. The van der Waals surface area contributed by atoms with E-state index in [2.05, 4.69) is 4.98 Å². The van der Waals surface area contributed by atoms with Gasteiger partial charge in [-0.1, -0.05) is 35.9 Å². The maximum Gasteiger partial charge on any atom is 0.184 e. The summed E-state index contributed by atoms with van der Waals surface area (Å²) in [7, 11) is 0. The fourth-order valence-corrected chi connectivity index (χ4v) is 2.76. The highest BCUT2D eigenvalue weighted by Gasteiger charge is 2.19. The van der Waals surface area contributed by atoms with Gasteiger partial charge in [-0.3, -0.25) is 0 Å². The maximum atomic E-state index is 8.86. The van der Waals surface area contributed by atoms with E-state index in [1.165, 1.54) is 11.3 Å². The van der Waals surface area contributed by atoms with Crippen LogP contribution in [0.5, 0.6) is 0 Å². The van der Waals surface area contributed by atoms with Gasteiger partial charge in [0.2, 0.25) is 0 Å². The molecule has 0 spiro atoms. The lowest BCUT2D eigenvalue weighted by molar-refractivity contribution is 1.07. The molecule has 0 amide bonds. The molecule has 0 aliphatic carbocycles. The number of nitriles is 2. The van der Waals surface area contributed by atoms with Crippen molar-refractivity contribution < 1.29 is 0 Å². The fraction of sp³-hybridized carbons (Fsp3) is 0.154. The Bertz CT molecular complexity index is 650. The van der Waals surface area contributed by atoms with Crippen LogP contribution in [0.2, 0.25) is 4.34 Å². The molecule has 0 unspecified atom stereocenters. The molecule has 0 radical (unpaired) electrons. The predicted molar refractivity (Wildman–Crippen MR) is 71.3 cm³/mol. The highest BCUT2D eigenvalue weighted by atomic mass is 35.5. The van der Waals surface area contributed by atoms with E-state index < -0.39 is 5.92 Å². The molecule has 0 fully saturated rings. The van der Waals surface area contributed by atoms with Crippen molar-refractivity contribution in [2.45, 2.75) is 12.8 Å². The second kappa shape index (κ2) is 5.18. The number of nitrogens with zero attached hydrogens (tertiary/aromatic N) is 3. The van der Waals surface area contributed by atoms with Gasteiger partial charge in [-0.15, -0.1) is 11.3 Å². The van der Waals surface area contributed by atoms with Crippen LogP contribution in [0.25, 0.3) is 11.3 Å². The number of thiazole rings is 1. The van der Waals surface area contributed by atoms with Crippen molar-refractivity contribution in [3.63, 3.8) is 0 Å². The van der Waals surface area contributed by atoms with E-state index in [1.54, 1.807) is 0 Å². The molecule has 1 aromatic heterocycles. The van der Waals surface area contributed by atoms with Gasteiger partial charge < -0.3 is 0 Å². The van der Waals surface area contributed by atoms with Crippen LogP contribution >= 0.6 is 22.9 Å². The van der Waals surface area contributed by atoms with Gasteiger partial charge >= 0.3 is 0 Å². The molecule has 2 aromatic rings. The topological polar surface area (TPSA) is 60.5 Å². The Labute approximate surface area is 114 Å². The largest absolute Gasteiger partial charge is 0.237 e. The Kier molecular flexibility index (Phi) is 3.62. The summed E-state index contributed by atoms with van der Waals surface area (Å²) >= 11 is 7.33. The molecule has 1 heterocycles. The Morgan fingerprint density at radius 1 is 1.28 bits per heavy atom. The molecule has 88 valence electrons. The van der Waals surface area contributed by atoms with Crippen molar-refractivity contribution in [2.75, 3.05) is 0 Å². The van der Waals surface area contributed by atoms with Gasteiger partial charge in [0.25, 0.3) is 0 Å². The fourth-order valence-electron chi connectivity index (χ4n) is 1.58. The molecule has 0 saturated heterocycles. The lowest BCUT2D eigenvalue weighted by Gasteiger charge is -2.01. The number of benzene rings is 1. The molecule has 0 aliphatic heterocycles. The van der Waals surface area contributed by atoms with Gasteiger partial charge in [0.1, 0.15) is 15.0 Å². The summed E-state index contributed by atoms with van der Waals surface area (Å²) in [4.78, 5) is 4.32. The van der Waals surface area contributed by atoms with Gasteiger partial charge in [-0.25, -0.2) is 4.98 Å². The highest BCUT2D eigenvalue weighted by molar-refractivity contribution is 7.16. The van der Waals surface area contributed by atoms with Crippen LogP contribution in [0.4, 0.5) is 0 Å². The molecule has 5 heteroatoms. The van der Waals surface area contributed by atoms with Gasteiger partial charge in [-0.05, 0) is 12.5 Å². The normalized spacial score (nSPS) is 10.1. The second-order valence-electron chi connectivity index (χ2n) is 3.68. The van der Waals surface area contributed by atoms with Crippen LogP contribution in [0.1, 0.15) is 16.5 Å². The lowest BCUT2D eigenvalue weighted by Crippen LogP contribution is -1.91. The van der Waals surface area contributed by atoms with Crippen molar-refractivity contribution >= 4 is 22.9 Å². The molecular formula is C13H8ClN3S. The standard InChI is InChI=1S/C13H8ClN3S/c1-8-4-2-3-5-10(8)11-12(14)18-13(17-11)9(6-15)7-16/h2-5,9H,1H3. The number of aromatic nitrogens is 1. The first-order valence-corrected chi connectivity index (χ1v) is 6.38. The zero-order valence-electron chi connectivity index (χ0n) is 9.51. The van der Waals surface area contributed by atoms with E-state index in [4.69, 9.17) is 22.1 Å². The average Bonchev–Trinajstić information content (AvgIpc) is 2.73. The summed E-state index contributed by atoms with van der Waals surface area (Å²) in [5.41, 5.74) is 2.63. The number of aryl methyl sites for hydroxylation is 1. The third-order valence-corrected chi connectivity index (χ3v) is 3.83. The monoisotopic (exact) mass is 273 g/mol. The quantitative estimate of drug-likeness (QED) is 0.833. The second-order valence-corrected chi connectivity index (χ2v) is 5.31. The van der Waals surface area contributed by atoms with Crippen molar-refractivity contribution in [3.05, 3.63) is 39.2 Å². The molecule has 18 heavy (non-hydrogen) atoms. The van der Waals surface area contributed by atoms with E-state index in [1.807, 2.05) is 43.3 Å². The van der Waals surface area contributed by atoms with E-state index in [9.17, 15) is 0 Å². The summed E-state index contributed by atoms with van der Waals surface area (Å²) in [5, 5.41) is 18.2. The Morgan fingerprint density at radius 2 is 1.94 bits per heavy atom. The van der Waals surface area contributed by atoms with Crippen LogP contribution in [0.3, 0.4) is 0 Å². The molecule has 0 aliphatic rings. The van der Waals surface area contributed by atoms with Crippen molar-refractivity contribution in [1.82, 2.24) is 4.98 Å². The van der Waals surface area contributed by atoms with Crippen LogP contribution in [-0.2, 0) is 0 Å². The van der Waals surface area contributed by atoms with E-state index in [0.717, 1.165) is 11.1 Å². The summed E-state index contributed by atoms with van der Waals surface area (Å²) in [5.74, 6) is -0.856. The van der Waals surface area contributed by atoms with Crippen LogP contribution in [0, 0.1) is 29.6 Å². The molecule has 2 rings (SSSR count). The first-order chi connectivity index (χ1) is 8.67. The summed E-state index contributed by atoms with van der Waals surface area (Å²) in [6.45, 7) is 1.97. The zero-order valence-corrected chi connectivity index (χ0v) is 11.1. The van der Waals surface area contributed by atoms with Crippen molar-refractivity contribution in [2.24, 2.45) is 0 Å². The lowest BCUT2D eigenvalue weighted by atomic mass is 10.1. The smallest absolute Gasteiger partial charge is 0.184 e. The van der Waals surface area contributed by atoms with E-state index in [0.29, 0.717) is 15.0 Å².